The number of nitrogens with zero attached hydrogens (tertiary/aromatic N) is 3. The average Bonchev–Trinajstić information content (AvgIpc) is 2.73. The number of H-pyrrole nitrogens is 1. The first-order valence-electron chi connectivity index (χ1n) is 4.74. The van der Waals surface area contributed by atoms with Crippen molar-refractivity contribution in [2.24, 2.45) is 14.1 Å². The van der Waals surface area contributed by atoms with E-state index in [0.717, 1.165) is 4.57 Å². The van der Waals surface area contributed by atoms with Gasteiger partial charge < -0.3 is 16.2 Å². The van der Waals surface area contributed by atoms with Gasteiger partial charge in [0.25, 0.3) is 5.56 Å². The van der Waals surface area contributed by atoms with Crippen molar-refractivity contribution in [3.63, 3.8) is 0 Å². The van der Waals surface area contributed by atoms with E-state index in [-0.39, 0.29) is 24.0 Å². The van der Waals surface area contributed by atoms with Gasteiger partial charge in [-0.2, -0.15) is 0 Å². The first kappa shape index (κ1) is 15.1. The maximum Gasteiger partial charge on any atom is 0.332 e. The van der Waals surface area contributed by atoms with E-state index in [0.29, 0.717) is 11.2 Å². The highest BCUT2D eigenvalue weighted by Gasteiger charge is 2.08. The molecule has 0 fully saturated rings. The van der Waals surface area contributed by atoms with Crippen LogP contribution in [-0.2, 0) is 14.1 Å². The molecule has 8 nitrogen and oxygen atoms in total. The molecule has 0 radical (unpaired) electrons. The number of rotatable bonds is 0. The van der Waals surface area contributed by atoms with Crippen LogP contribution >= 0.6 is 0 Å². The molecular weight excluding hydrogens is 226 g/mol. The molecule has 0 saturated heterocycles. The molecule has 2 heterocycles. The van der Waals surface area contributed by atoms with Crippen molar-refractivity contribution in [1.29, 1.82) is 0 Å². The Kier molecular flexibility index (Phi) is 5.29. The summed E-state index contributed by atoms with van der Waals surface area (Å²) in [7, 11) is 3.01. The monoisotopic (exact) mass is 243 g/mol. The zero-order valence-electron chi connectivity index (χ0n) is 10.1. The lowest BCUT2D eigenvalue weighted by molar-refractivity contribution is 0.318. The third-order valence-corrected chi connectivity index (χ3v) is 2.03. The van der Waals surface area contributed by atoms with Gasteiger partial charge in [0.05, 0.1) is 6.33 Å². The number of hydrogen-bond acceptors (Lipinski definition) is 5. The normalized spacial score (nSPS) is 9.41. The first-order valence-corrected chi connectivity index (χ1v) is 4.74. The molecule has 2 aromatic heterocycles. The van der Waals surface area contributed by atoms with Gasteiger partial charge in [-0.25, -0.2) is 9.78 Å². The molecule has 0 bridgehead atoms. The molecule has 17 heavy (non-hydrogen) atoms. The second-order valence-electron chi connectivity index (χ2n) is 3.12. The van der Waals surface area contributed by atoms with Crippen molar-refractivity contribution in [3.8, 4) is 0 Å². The molecule has 0 spiro atoms. The van der Waals surface area contributed by atoms with Crippen molar-refractivity contribution in [2.75, 3.05) is 6.61 Å². The zero-order chi connectivity index (χ0) is 12.3. The molecular formula is C9H17N5O3. The Hall–Kier alpha value is -1.93. The van der Waals surface area contributed by atoms with Gasteiger partial charge in [-0.1, -0.05) is 0 Å². The molecule has 96 valence electrons. The molecule has 0 unspecified atom stereocenters. The number of aryl methyl sites for hydroxylation is 1. The van der Waals surface area contributed by atoms with Crippen molar-refractivity contribution < 1.29 is 5.11 Å². The van der Waals surface area contributed by atoms with Crippen LogP contribution < -0.4 is 17.4 Å². The van der Waals surface area contributed by atoms with Crippen molar-refractivity contribution in [3.05, 3.63) is 27.2 Å². The molecule has 0 atom stereocenters. The summed E-state index contributed by atoms with van der Waals surface area (Å²) in [4.78, 5) is 29.4. The van der Waals surface area contributed by atoms with Crippen LogP contribution in [0.2, 0.25) is 0 Å². The van der Waals surface area contributed by atoms with E-state index in [1.807, 2.05) is 0 Å². The summed E-state index contributed by atoms with van der Waals surface area (Å²) < 4.78 is 2.37. The van der Waals surface area contributed by atoms with E-state index >= 15 is 0 Å². The summed E-state index contributed by atoms with van der Waals surface area (Å²) in [5.74, 6) is 0. The molecule has 0 amide bonds. The minimum atomic E-state index is -0.371. The van der Waals surface area contributed by atoms with Gasteiger partial charge in [0.2, 0.25) is 0 Å². The Bertz CT molecular complexity index is 595. The molecule has 2 aromatic rings. The Morgan fingerprint density at radius 3 is 2.41 bits per heavy atom. The number of imidazole rings is 1. The summed E-state index contributed by atoms with van der Waals surface area (Å²) in [6.45, 7) is 1.93. The van der Waals surface area contributed by atoms with Crippen LogP contribution in [0, 0.1) is 0 Å². The lowest BCUT2D eigenvalue weighted by atomic mass is 10.5. The van der Waals surface area contributed by atoms with Crippen LogP contribution in [0.15, 0.2) is 15.9 Å². The lowest BCUT2D eigenvalue weighted by Gasteiger charge is -2.00. The van der Waals surface area contributed by atoms with E-state index in [2.05, 4.69) is 9.97 Å². The molecule has 8 heteroatoms. The van der Waals surface area contributed by atoms with Crippen molar-refractivity contribution >= 4 is 11.2 Å². The standard InChI is InChI=1S/C7H8N4O2.C2H6O.H3N/c1-10-5-4(8-3-9-5)6(12)11(2)7(10)13;1-2-3;/h3H,1-2H3,(H,8,9);3H,2H2,1H3;1H3. The topological polar surface area (TPSA) is 128 Å². The van der Waals surface area contributed by atoms with Gasteiger partial charge in [-0.05, 0) is 6.92 Å². The zero-order valence-corrected chi connectivity index (χ0v) is 10.1. The smallest absolute Gasteiger partial charge is 0.332 e. The molecule has 0 aromatic carbocycles. The molecule has 0 saturated carbocycles. The average molecular weight is 243 g/mol. The van der Waals surface area contributed by atoms with E-state index in [9.17, 15) is 9.59 Å². The first-order chi connectivity index (χ1) is 7.54. The second-order valence-corrected chi connectivity index (χ2v) is 3.12. The number of aliphatic hydroxyl groups excluding tert-OH is 1. The maximum atomic E-state index is 11.4. The predicted molar refractivity (Wildman–Crippen MR) is 64.4 cm³/mol. The van der Waals surface area contributed by atoms with Gasteiger partial charge in [-0.15, -0.1) is 0 Å². The number of aliphatic hydroxyl groups is 1. The molecule has 0 aliphatic rings. The Morgan fingerprint density at radius 1 is 1.35 bits per heavy atom. The van der Waals surface area contributed by atoms with Crippen LogP contribution in [0.5, 0.6) is 0 Å². The minimum absolute atomic E-state index is 0. The van der Waals surface area contributed by atoms with Crippen molar-refractivity contribution in [1.82, 2.24) is 25.3 Å². The summed E-state index contributed by atoms with van der Waals surface area (Å²) in [5.41, 5.74) is 0.0119. The SMILES string of the molecule is CCO.Cn1c(=O)c2[nH]cnc2n(C)c1=O.N. The molecule has 5 N–H and O–H groups in total. The van der Waals surface area contributed by atoms with E-state index in [1.54, 1.807) is 14.0 Å². The lowest BCUT2D eigenvalue weighted by Crippen LogP contribution is -2.36. The third kappa shape index (κ3) is 2.60. The van der Waals surface area contributed by atoms with Crippen LogP contribution in [0.4, 0.5) is 0 Å². The fourth-order valence-corrected chi connectivity index (χ4v) is 1.27. The summed E-state index contributed by atoms with van der Waals surface area (Å²) in [6.07, 6.45) is 1.39. The maximum absolute atomic E-state index is 11.4. The summed E-state index contributed by atoms with van der Waals surface area (Å²) >= 11 is 0. The van der Waals surface area contributed by atoms with Crippen molar-refractivity contribution in [2.45, 2.75) is 6.92 Å². The largest absolute Gasteiger partial charge is 0.397 e. The molecule has 0 aliphatic carbocycles. The van der Waals surface area contributed by atoms with E-state index in [1.165, 1.54) is 17.9 Å². The summed E-state index contributed by atoms with van der Waals surface area (Å²) in [6, 6.07) is 0. The number of hydrogen-bond donors (Lipinski definition) is 3. The molecule has 2 rings (SSSR count). The van der Waals surface area contributed by atoms with Gasteiger partial charge >= 0.3 is 5.69 Å². The second kappa shape index (κ2) is 5.97. The third-order valence-electron chi connectivity index (χ3n) is 2.03. The quantitative estimate of drug-likeness (QED) is 0.553. The van der Waals surface area contributed by atoms with Crippen LogP contribution in [-0.4, -0.2) is 30.8 Å². The highest BCUT2D eigenvalue weighted by molar-refractivity contribution is 5.68. The highest BCUT2D eigenvalue weighted by atomic mass is 16.2. The van der Waals surface area contributed by atoms with Gasteiger partial charge in [0.1, 0.15) is 5.52 Å². The van der Waals surface area contributed by atoms with Gasteiger partial charge in [0.15, 0.2) is 5.65 Å². The minimum Gasteiger partial charge on any atom is -0.397 e. The fraction of sp³-hybridized carbons (Fsp3) is 0.444. The van der Waals surface area contributed by atoms with E-state index in [4.69, 9.17) is 5.11 Å². The Morgan fingerprint density at radius 2 is 1.88 bits per heavy atom. The van der Waals surface area contributed by atoms with Crippen LogP contribution in [0.1, 0.15) is 6.92 Å². The van der Waals surface area contributed by atoms with Gasteiger partial charge in [0, 0.05) is 20.7 Å². The molecule has 0 aliphatic heterocycles. The predicted octanol–water partition coefficient (Wildman–Crippen LogP) is -0.879. The number of aromatic nitrogens is 4. The highest BCUT2D eigenvalue weighted by Crippen LogP contribution is 1.97. The number of aromatic amines is 1. The Balaban J connectivity index is 0.000000583. The van der Waals surface area contributed by atoms with E-state index < -0.39 is 0 Å². The summed E-state index contributed by atoms with van der Waals surface area (Å²) in [5, 5.41) is 7.57. The number of fused-ring (bicyclic) bond motifs is 1. The Labute approximate surface area is 97.1 Å². The fourth-order valence-electron chi connectivity index (χ4n) is 1.27. The van der Waals surface area contributed by atoms with Gasteiger partial charge in [-0.3, -0.25) is 13.9 Å². The van der Waals surface area contributed by atoms with Crippen LogP contribution in [0.25, 0.3) is 11.2 Å². The number of nitrogens with one attached hydrogen (secondary N) is 1. The van der Waals surface area contributed by atoms with Crippen LogP contribution in [0.3, 0.4) is 0 Å².